The van der Waals surface area contributed by atoms with Crippen LogP contribution < -0.4 is 10.2 Å². The van der Waals surface area contributed by atoms with Crippen molar-refractivity contribution in [3.8, 4) is 0 Å². The first-order chi connectivity index (χ1) is 8.22. The molecule has 0 spiro atoms. The summed E-state index contributed by atoms with van der Waals surface area (Å²) in [6.45, 7) is 7.50. The quantitative estimate of drug-likeness (QED) is 0.926. The third-order valence-electron chi connectivity index (χ3n) is 3.33. The Morgan fingerprint density at radius 2 is 2.41 bits per heavy atom. The summed E-state index contributed by atoms with van der Waals surface area (Å²) < 4.78 is 1.09. The van der Waals surface area contributed by atoms with Gasteiger partial charge in [0.15, 0.2) is 0 Å². The average Bonchev–Trinajstić information content (AvgIpc) is 2.78. The topological polar surface area (TPSA) is 28.2 Å². The summed E-state index contributed by atoms with van der Waals surface area (Å²) in [7, 11) is 0. The Morgan fingerprint density at radius 3 is 3.12 bits per heavy atom. The average molecular weight is 298 g/mol. The van der Waals surface area contributed by atoms with Gasteiger partial charge in [-0.3, -0.25) is 0 Å². The molecule has 4 heteroatoms. The third-order valence-corrected chi connectivity index (χ3v) is 4.16. The van der Waals surface area contributed by atoms with E-state index in [2.05, 4.69) is 51.0 Å². The Morgan fingerprint density at radius 1 is 1.59 bits per heavy atom. The molecule has 0 bridgehead atoms. The molecule has 1 aromatic heterocycles. The summed E-state index contributed by atoms with van der Waals surface area (Å²) in [5, 5.41) is 3.44. The summed E-state index contributed by atoms with van der Waals surface area (Å²) in [4.78, 5) is 6.96. The van der Waals surface area contributed by atoms with Crippen molar-refractivity contribution in [1.82, 2.24) is 10.3 Å². The zero-order valence-electron chi connectivity index (χ0n) is 10.5. The van der Waals surface area contributed by atoms with Crippen LogP contribution in [0.25, 0.3) is 0 Å². The third kappa shape index (κ3) is 2.99. The second-order valence-corrected chi connectivity index (χ2v) is 5.44. The van der Waals surface area contributed by atoms with Crippen LogP contribution in [0.1, 0.15) is 25.3 Å². The van der Waals surface area contributed by atoms with E-state index >= 15 is 0 Å². The van der Waals surface area contributed by atoms with Gasteiger partial charge in [0.2, 0.25) is 0 Å². The summed E-state index contributed by atoms with van der Waals surface area (Å²) in [6, 6.07) is 2.77. The molecular weight excluding hydrogens is 278 g/mol. The van der Waals surface area contributed by atoms with Crippen molar-refractivity contribution in [1.29, 1.82) is 0 Å². The van der Waals surface area contributed by atoms with Gasteiger partial charge in [-0.05, 0) is 53.9 Å². The van der Waals surface area contributed by atoms with Crippen LogP contribution in [-0.4, -0.2) is 30.7 Å². The van der Waals surface area contributed by atoms with Crippen molar-refractivity contribution >= 4 is 21.7 Å². The lowest BCUT2D eigenvalue weighted by Gasteiger charge is -2.26. The Kier molecular flexibility index (Phi) is 4.40. The smallest absolute Gasteiger partial charge is 0.129 e. The molecule has 1 N–H and O–H groups in total. The molecule has 0 aliphatic carbocycles. The van der Waals surface area contributed by atoms with Gasteiger partial charge in [0.1, 0.15) is 5.82 Å². The molecule has 1 atom stereocenters. The second-order valence-electron chi connectivity index (χ2n) is 4.59. The summed E-state index contributed by atoms with van der Waals surface area (Å²) in [5.74, 6) is 1.12. The fraction of sp³-hybridized carbons (Fsp3) is 0.615. The van der Waals surface area contributed by atoms with E-state index in [9.17, 15) is 0 Å². The Labute approximate surface area is 112 Å². The molecule has 2 heterocycles. The monoisotopic (exact) mass is 297 g/mol. The number of rotatable bonds is 4. The molecule has 0 amide bonds. The standard InChI is InChI=1S/C13H20BrN3/c1-3-15-8-11-5-4-6-17(11)13-7-10(2)12(14)9-16-13/h7,9,11,15H,3-6,8H2,1-2H3. The second kappa shape index (κ2) is 5.83. The van der Waals surface area contributed by atoms with E-state index in [4.69, 9.17) is 0 Å². The van der Waals surface area contributed by atoms with Crippen LogP contribution in [0.2, 0.25) is 0 Å². The predicted octanol–water partition coefficient (Wildman–Crippen LogP) is 2.73. The molecule has 1 saturated heterocycles. The Bertz CT molecular complexity index is 381. The Hall–Kier alpha value is -0.610. The van der Waals surface area contributed by atoms with Crippen LogP contribution in [0.4, 0.5) is 5.82 Å². The number of hydrogen-bond acceptors (Lipinski definition) is 3. The van der Waals surface area contributed by atoms with Crippen molar-refractivity contribution in [2.24, 2.45) is 0 Å². The fourth-order valence-corrected chi connectivity index (χ4v) is 2.56. The molecule has 2 rings (SSSR count). The molecule has 1 aromatic rings. The van der Waals surface area contributed by atoms with E-state index in [1.807, 2.05) is 6.20 Å². The number of aromatic nitrogens is 1. The molecule has 1 unspecified atom stereocenters. The number of aryl methyl sites for hydroxylation is 1. The van der Waals surface area contributed by atoms with E-state index in [-0.39, 0.29) is 0 Å². The molecule has 17 heavy (non-hydrogen) atoms. The highest BCUT2D eigenvalue weighted by atomic mass is 79.9. The molecule has 94 valence electrons. The molecule has 3 nitrogen and oxygen atoms in total. The van der Waals surface area contributed by atoms with Gasteiger partial charge in [-0.25, -0.2) is 4.98 Å². The van der Waals surface area contributed by atoms with E-state index in [0.717, 1.165) is 29.9 Å². The summed E-state index contributed by atoms with van der Waals surface area (Å²) in [5.41, 5.74) is 1.25. The zero-order valence-corrected chi connectivity index (χ0v) is 12.1. The number of anilines is 1. The number of hydrogen-bond donors (Lipinski definition) is 1. The fourth-order valence-electron chi connectivity index (χ4n) is 2.34. The van der Waals surface area contributed by atoms with E-state index in [1.54, 1.807) is 0 Å². The summed E-state index contributed by atoms with van der Waals surface area (Å²) in [6.07, 6.45) is 4.45. The van der Waals surface area contributed by atoms with Crippen molar-refractivity contribution in [2.45, 2.75) is 32.7 Å². The predicted molar refractivity (Wildman–Crippen MR) is 75.6 cm³/mol. The minimum absolute atomic E-state index is 0.600. The first kappa shape index (κ1) is 12.8. The number of nitrogens with one attached hydrogen (secondary N) is 1. The van der Waals surface area contributed by atoms with Gasteiger partial charge < -0.3 is 10.2 Å². The van der Waals surface area contributed by atoms with Crippen molar-refractivity contribution in [2.75, 3.05) is 24.5 Å². The number of likely N-dealkylation sites (N-methyl/N-ethyl adjacent to an activating group) is 1. The zero-order chi connectivity index (χ0) is 12.3. The maximum Gasteiger partial charge on any atom is 0.129 e. The van der Waals surface area contributed by atoms with Gasteiger partial charge in [-0.15, -0.1) is 0 Å². The van der Waals surface area contributed by atoms with Crippen molar-refractivity contribution in [3.05, 3.63) is 22.3 Å². The highest BCUT2D eigenvalue weighted by Crippen LogP contribution is 2.26. The maximum absolute atomic E-state index is 4.53. The van der Waals surface area contributed by atoms with Crippen LogP contribution in [-0.2, 0) is 0 Å². The number of nitrogens with zero attached hydrogens (tertiary/aromatic N) is 2. The van der Waals surface area contributed by atoms with Gasteiger partial charge >= 0.3 is 0 Å². The molecule has 1 aliphatic heterocycles. The lowest BCUT2D eigenvalue weighted by atomic mass is 10.2. The molecule has 0 radical (unpaired) electrons. The highest BCUT2D eigenvalue weighted by Gasteiger charge is 2.25. The molecular formula is C13H20BrN3. The van der Waals surface area contributed by atoms with Crippen LogP contribution >= 0.6 is 15.9 Å². The summed E-state index contributed by atoms with van der Waals surface area (Å²) >= 11 is 3.50. The van der Waals surface area contributed by atoms with Gasteiger partial charge in [-0.1, -0.05) is 6.92 Å². The van der Waals surface area contributed by atoms with Crippen LogP contribution in [0.15, 0.2) is 16.7 Å². The van der Waals surface area contributed by atoms with E-state index in [1.165, 1.54) is 18.4 Å². The van der Waals surface area contributed by atoms with Crippen LogP contribution in [0.3, 0.4) is 0 Å². The first-order valence-corrected chi connectivity index (χ1v) is 7.11. The molecule has 1 fully saturated rings. The number of halogens is 1. The van der Waals surface area contributed by atoms with Crippen LogP contribution in [0.5, 0.6) is 0 Å². The van der Waals surface area contributed by atoms with Crippen LogP contribution in [0, 0.1) is 6.92 Å². The minimum Gasteiger partial charge on any atom is -0.352 e. The SMILES string of the molecule is CCNCC1CCCN1c1cc(C)c(Br)cn1. The van der Waals surface area contributed by atoms with E-state index in [0.29, 0.717) is 6.04 Å². The lowest BCUT2D eigenvalue weighted by molar-refractivity contribution is 0.584. The largest absolute Gasteiger partial charge is 0.352 e. The van der Waals surface area contributed by atoms with Gasteiger partial charge in [0.25, 0.3) is 0 Å². The van der Waals surface area contributed by atoms with Crippen molar-refractivity contribution in [3.63, 3.8) is 0 Å². The first-order valence-electron chi connectivity index (χ1n) is 6.32. The Balaban J connectivity index is 2.11. The highest BCUT2D eigenvalue weighted by molar-refractivity contribution is 9.10. The van der Waals surface area contributed by atoms with E-state index < -0.39 is 0 Å². The molecule has 0 aromatic carbocycles. The molecule has 1 aliphatic rings. The maximum atomic E-state index is 4.53. The number of pyridine rings is 1. The molecule has 0 saturated carbocycles. The normalized spacial score (nSPS) is 19.9. The van der Waals surface area contributed by atoms with Gasteiger partial charge in [-0.2, -0.15) is 0 Å². The van der Waals surface area contributed by atoms with Gasteiger partial charge in [0.05, 0.1) is 0 Å². The van der Waals surface area contributed by atoms with Gasteiger partial charge in [0, 0.05) is 29.8 Å². The minimum atomic E-state index is 0.600. The lowest BCUT2D eigenvalue weighted by Crippen LogP contribution is -2.38. The van der Waals surface area contributed by atoms with Crippen molar-refractivity contribution < 1.29 is 0 Å².